The molecule has 142 valence electrons. The number of carbonyl (C=O) groups is 3. The molecule has 0 bridgehead atoms. The second-order valence-corrected chi connectivity index (χ2v) is 7.42. The summed E-state index contributed by atoms with van der Waals surface area (Å²) in [5.41, 5.74) is 1.60. The molecule has 0 aliphatic carbocycles. The number of carbonyl (C=O) groups excluding carboxylic acids is 2. The summed E-state index contributed by atoms with van der Waals surface area (Å²) in [6, 6.07) is 6.78. The monoisotopic (exact) mass is 362 g/mol. The van der Waals surface area contributed by atoms with Crippen molar-refractivity contribution in [1.29, 1.82) is 0 Å². The quantitative estimate of drug-likeness (QED) is 0.826. The number of amides is 2. The van der Waals surface area contributed by atoms with Crippen molar-refractivity contribution in [1.82, 2.24) is 10.2 Å². The van der Waals surface area contributed by atoms with E-state index in [0.717, 1.165) is 5.56 Å². The van der Waals surface area contributed by atoms with E-state index in [-0.39, 0.29) is 36.8 Å². The normalized spacial score (nSPS) is 17.7. The van der Waals surface area contributed by atoms with Crippen LogP contribution in [0.4, 0.5) is 0 Å². The molecule has 1 aliphatic heterocycles. The third-order valence-electron chi connectivity index (χ3n) is 4.37. The van der Waals surface area contributed by atoms with E-state index in [1.807, 2.05) is 12.1 Å². The van der Waals surface area contributed by atoms with E-state index in [1.165, 1.54) is 4.90 Å². The van der Waals surface area contributed by atoms with Crippen LogP contribution in [-0.2, 0) is 19.7 Å². The van der Waals surface area contributed by atoms with Gasteiger partial charge in [-0.15, -0.1) is 0 Å². The molecule has 0 radical (unpaired) electrons. The Kier molecular flexibility index (Phi) is 6.37. The highest BCUT2D eigenvalue weighted by molar-refractivity contribution is 5.96. The first-order valence-electron chi connectivity index (χ1n) is 8.66. The Bertz CT molecular complexity index is 664. The van der Waals surface area contributed by atoms with Gasteiger partial charge >= 0.3 is 5.97 Å². The van der Waals surface area contributed by atoms with Crippen LogP contribution in [0.25, 0.3) is 0 Å². The first-order valence-corrected chi connectivity index (χ1v) is 8.66. The van der Waals surface area contributed by atoms with Crippen LogP contribution >= 0.6 is 0 Å². The number of nitrogens with zero attached hydrogens (tertiary/aromatic N) is 1. The van der Waals surface area contributed by atoms with E-state index < -0.39 is 12.0 Å². The van der Waals surface area contributed by atoms with Crippen molar-refractivity contribution in [3.8, 4) is 0 Å². The average molecular weight is 362 g/mol. The third kappa shape index (κ3) is 5.29. The van der Waals surface area contributed by atoms with Gasteiger partial charge in [-0.1, -0.05) is 32.9 Å². The molecular weight excluding hydrogens is 336 g/mol. The van der Waals surface area contributed by atoms with Gasteiger partial charge in [-0.2, -0.15) is 0 Å². The maximum Gasteiger partial charge on any atom is 0.305 e. The molecule has 1 heterocycles. The first kappa shape index (κ1) is 19.9. The number of ether oxygens (including phenoxy) is 1. The van der Waals surface area contributed by atoms with Crippen LogP contribution in [0.5, 0.6) is 0 Å². The largest absolute Gasteiger partial charge is 0.481 e. The minimum absolute atomic E-state index is 0.000455. The number of benzene rings is 1. The van der Waals surface area contributed by atoms with Gasteiger partial charge in [-0.05, 0) is 23.1 Å². The average Bonchev–Trinajstić information content (AvgIpc) is 2.58. The molecule has 2 rings (SSSR count). The predicted molar refractivity (Wildman–Crippen MR) is 96.0 cm³/mol. The molecule has 7 heteroatoms. The molecule has 0 saturated carbocycles. The van der Waals surface area contributed by atoms with Crippen molar-refractivity contribution in [2.24, 2.45) is 0 Å². The molecule has 1 aliphatic rings. The van der Waals surface area contributed by atoms with Crippen LogP contribution in [0.15, 0.2) is 24.3 Å². The van der Waals surface area contributed by atoms with E-state index >= 15 is 0 Å². The number of morpholine rings is 1. The Hall–Kier alpha value is -2.41. The molecule has 1 unspecified atom stereocenters. The third-order valence-corrected chi connectivity index (χ3v) is 4.37. The van der Waals surface area contributed by atoms with Crippen molar-refractivity contribution in [3.63, 3.8) is 0 Å². The topological polar surface area (TPSA) is 95.9 Å². The molecule has 0 aromatic heterocycles. The summed E-state index contributed by atoms with van der Waals surface area (Å²) in [6.45, 7) is 7.00. The molecule has 7 nitrogen and oxygen atoms in total. The van der Waals surface area contributed by atoms with Crippen LogP contribution < -0.4 is 5.32 Å². The molecule has 0 spiro atoms. The van der Waals surface area contributed by atoms with Crippen LogP contribution in [0.3, 0.4) is 0 Å². The smallest absolute Gasteiger partial charge is 0.305 e. The Morgan fingerprint density at radius 3 is 2.46 bits per heavy atom. The number of nitrogens with one attached hydrogen (secondary N) is 1. The van der Waals surface area contributed by atoms with Gasteiger partial charge in [0.15, 0.2) is 0 Å². The van der Waals surface area contributed by atoms with Crippen LogP contribution in [0, 0.1) is 0 Å². The lowest BCUT2D eigenvalue weighted by molar-refractivity contribution is -0.145. The lowest BCUT2D eigenvalue weighted by atomic mass is 9.87. The molecule has 1 saturated heterocycles. The lowest BCUT2D eigenvalue weighted by Gasteiger charge is -2.34. The fraction of sp³-hybridized carbons (Fsp3) is 0.526. The van der Waals surface area contributed by atoms with Crippen LogP contribution in [0.1, 0.15) is 43.1 Å². The summed E-state index contributed by atoms with van der Waals surface area (Å²) in [6.07, 6.45) is -0.173. The fourth-order valence-corrected chi connectivity index (χ4v) is 2.83. The lowest BCUT2D eigenvalue weighted by Crippen LogP contribution is -2.52. The second-order valence-electron chi connectivity index (χ2n) is 7.42. The summed E-state index contributed by atoms with van der Waals surface area (Å²) in [5.74, 6) is -1.62. The Morgan fingerprint density at radius 2 is 1.88 bits per heavy atom. The van der Waals surface area contributed by atoms with Crippen LogP contribution in [-0.4, -0.2) is 60.1 Å². The highest BCUT2D eigenvalue weighted by Gasteiger charge is 2.29. The molecule has 1 fully saturated rings. The van der Waals surface area contributed by atoms with Gasteiger partial charge in [0, 0.05) is 12.1 Å². The number of carboxylic acids is 1. The van der Waals surface area contributed by atoms with Gasteiger partial charge in [0.2, 0.25) is 5.91 Å². The van der Waals surface area contributed by atoms with Gasteiger partial charge in [-0.3, -0.25) is 14.4 Å². The van der Waals surface area contributed by atoms with Crippen molar-refractivity contribution in [2.45, 2.75) is 38.6 Å². The van der Waals surface area contributed by atoms with E-state index in [2.05, 4.69) is 26.1 Å². The highest BCUT2D eigenvalue weighted by Crippen LogP contribution is 2.22. The number of hydrogen-bond donors (Lipinski definition) is 2. The van der Waals surface area contributed by atoms with E-state index in [0.29, 0.717) is 18.7 Å². The molecule has 2 amide bonds. The zero-order chi connectivity index (χ0) is 19.3. The van der Waals surface area contributed by atoms with Crippen molar-refractivity contribution in [3.05, 3.63) is 35.4 Å². The van der Waals surface area contributed by atoms with Crippen molar-refractivity contribution >= 4 is 17.8 Å². The van der Waals surface area contributed by atoms with Crippen LogP contribution in [0.2, 0.25) is 0 Å². The van der Waals surface area contributed by atoms with Gasteiger partial charge in [0.25, 0.3) is 5.91 Å². The van der Waals surface area contributed by atoms with E-state index in [1.54, 1.807) is 12.1 Å². The first-order chi connectivity index (χ1) is 12.2. The number of hydrogen-bond acceptors (Lipinski definition) is 4. The standard InChI is InChI=1S/C19H26N2O5/c1-19(2,3)14-6-4-13(5-7-14)18(25)20-11-16(22)21-8-9-26-12-15(21)10-17(23)24/h4-7,15H,8-12H2,1-3H3,(H,20,25)(H,23,24). The maximum absolute atomic E-state index is 12.4. The van der Waals surface area contributed by atoms with Gasteiger partial charge in [-0.25, -0.2) is 0 Å². The summed E-state index contributed by atoms with van der Waals surface area (Å²) >= 11 is 0. The minimum atomic E-state index is -0.985. The molecule has 1 atom stereocenters. The highest BCUT2D eigenvalue weighted by atomic mass is 16.5. The summed E-state index contributed by atoms with van der Waals surface area (Å²) in [7, 11) is 0. The Balaban J connectivity index is 1.93. The molecular formula is C19H26N2O5. The predicted octanol–water partition coefficient (Wildman–Crippen LogP) is 1.42. The summed E-state index contributed by atoms with van der Waals surface area (Å²) in [4.78, 5) is 37.0. The summed E-state index contributed by atoms with van der Waals surface area (Å²) in [5, 5.41) is 11.6. The SMILES string of the molecule is CC(C)(C)c1ccc(C(=O)NCC(=O)N2CCOCC2CC(=O)O)cc1. The Morgan fingerprint density at radius 1 is 1.23 bits per heavy atom. The molecule has 1 aromatic carbocycles. The van der Waals surface area contributed by atoms with Crippen molar-refractivity contribution < 1.29 is 24.2 Å². The number of aliphatic carboxylic acids is 1. The van der Waals surface area contributed by atoms with Gasteiger partial charge in [0.1, 0.15) is 0 Å². The Labute approximate surface area is 153 Å². The van der Waals surface area contributed by atoms with E-state index in [4.69, 9.17) is 9.84 Å². The zero-order valence-electron chi connectivity index (χ0n) is 15.4. The zero-order valence-corrected chi connectivity index (χ0v) is 15.4. The summed E-state index contributed by atoms with van der Waals surface area (Å²) < 4.78 is 5.25. The second kappa shape index (κ2) is 8.31. The molecule has 1 aromatic rings. The van der Waals surface area contributed by atoms with Gasteiger partial charge < -0.3 is 20.1 Å². The van der Waals surface area contributed by atoms with E-state index in [9.17, 15) is 14.4 Å². The molecule has 2 N–H and O–H groups in total. The fourth-order valence-electron chi connectivity index (χ4n) is 2.83. The van der Waals surface area contributed by atoms with Gasteiger partial charge in [0.05, 0.1) is 32.2 Å². The van der Waals surface area contributed by atoms with Crippen molar-refractivity contribution in [2.75, 3.05) is 26.3 Å². The number of rotatable bonds is 5. The maximum atomic E-state index is 12.4. The minimum Gasteiger partial charge on any atom is -0.481 e. The number of carboxylic acid groups (broad SMARTS) is 1. The molecule has 26 heavy (non-hydrogen) atoms.